The van der Waals surface area contributed by atoms with E-state index in [1.165, 1.54) is 24.8 Å². The Kier molecular flexibility index (Phi) is 3.34. The Bertz CT molecular complexity index is 671. The van der Waals surface area contributed by atoms with Crippen molar-refractivity contribution in [2.75, 3.05) is 0 Å². The second-order valence-electron chi connectivity index (χ2n) is 9.52. The summed E-state index contributed by atoms with van der Waals surface area (Å²) in [7, 11) is 0. The summed E-state index contributed by atoms with van der Waals surface area (Å²) < 4.78 is 0. The second kappa shape index (κ2) is 4.93. The summed E-state index contributed by atoms with van der Waals surface area (Å²) in [6.07, 6.45) is 12.7. The van der Waals surface area contributed by atoms with Crippen molar-refractivity contribution in [3.05, 3.63) is 23.8 Å². The van der Waals surface area contributed by atoms with E-state index in [-0.39, 0.29) is 27.9 Å². The third-order valence-electron chi connectivity index (χ3n) is 8.86. The number of Topliss-reactive ketones (excluding diaryl/α,β-unsaturated/α-hetero) is 1. The smallest absolute Gasteiger partial charge is 0.178 e. The highest BCUT2D eigenvalue weighted by Crippen LogP contribution is 2.71. The maximum atomic E-state index is 12.2. The Morgan fingerprint density at radius 1 is 1.08 bits per heavy atom. The van der Waals surface area contributed by atoms with Crippen molar-refractivity contribution in [2.24, 2.45) is 34.0 Å². The number of carbonyl (C=O) groups is 2. The van der Waals surface area contributed by atoms with Crippen molar-refractivity contribution in [2.45, 2.75) is 66.2 Å². The lowest BCUT2D eigenvalue weighted by atomic mass is 9.41. The van der Waals surface area contributed by atoms with Crippen molar-refractivity contribution < 1.29 is 9.59 Å². The van der Waals surface area contributed by atoms with Gasteiger partial charge in [-0.3, -0.25) is 9.59 Å². The first-order valence-electron chi connectivity index (χ1n) is 9.67. The fourth-order valence-corrected chi connectivity index (χ4v) is 7.20. The maximum absolute atomic E-state index is 12.2. The molecule has 0 saturated heterocycles. The Labute approximate surface area is 145 Å². The molecule has 0 heterocycles. The van der Waals surface area contributed by atoms with Gasteiger partial charge < -0.3 is 0 Å². The van der Waals surface area contributed by atoms with E-state index in [1.807, 2.05) is 6.08 Å². The fourth-order valence-electron chi connectivity index (χ4n) is 7.20. The van der Waals surface area contributed by atoms with Gasteiger partial charge in [0.2, 0.25) is 0 Å². The molecule has 0 aromatic carbocycles. The van der Waals surface area contributed by atoms with E-state index in [0.717, 1.165) is 19.3 Å². The Balaban J connectivity index is 1.75. The summed E-state index contributed by atoms with van der Waals surface area (Å²) in [6, 6.07) is 0. The highest BCUT2D eigenvalue weighted by molar-refractivity contribution is 6.01. The molecule has 0 radical (unpaired) electrons. The third kappa shape index (κ3) is 1.83. The van der Waals surface area contributed by atoms with E-state index in [1.54, 1.807) is 13.0 Å². The lowest BCUT2D eigenvalue weighted by Gasteiger charge is -2.63. The standard InChI is InChI=1S/C22H30O2/c1-14(23)17-7-8-18-19-6-5-15-13-16(24)9-10-21(15,3)22(19,4)12-11-20(17,18)2/h9-10,13,17-19H,5-8,11-12H2,1-4H3/t17-,18+,19+,20-,21+,22+/m1/s1. The van der Waals surface area contributed by atoms with Gasteiger partial charge in [0.15, 0.2) is 5.78 Å². The largest absolute Gasteiger partial charge is 0.300 e. The van der Waals surface area contributed by atoms with Crippen LogP contribution in [-0.4, -0.2) is 11.6 Å². The average Bonchev–Trinajstić information content (AvgIpc) is 2.87. The van der Waals surface area contributed by atoms with Crippen LogP contribution in [0.25, 0.3) is 0 Å². The van der Waals surface area contributed by atoms with Crippen LogP contribution < -0.4 is 0 Å². The zero-order valence-corrected chi connectivity index (χ0v) is 15.5. The van der Waals surface area contributed by atoms with E-state index in [4.69, 9.17) is 0 Å². The highest BCUT2D eigenvalue weighted by atomic mass is 16.1. The molecule has 3 saturated carbocycles. The first-order chi connectivity index (χ1) is 11.2. The quantitative estimate of drug-likeness (QED) is 0.687. The van der Waals surface area contributed by atoms with E-state index in [2.05, 4.69) is 26.8 Å². The van der Waals surface area contributed by atoms with E-state index in [9.17, 15) is 9.59 Å². The van der Waals surface area contributed by atoms with Crippen LogP contribution in [0.1, 0.15) is 66.2 Å². The average molecular weight is 326 g/mol. The first kappa shape index (κ1) is 16.3. The van der Waals surface area contributed by atoms with Gasteiger partial charge >= 0.3 is 0 Å². The summed E-state index contributed by atoms with van der Waals surface area (Å²) in [4.78, 5) is 24.1. The molecular weight excluding hydrogens is 296 g/mol. The Hall–Kier alpha value is -1.18. The molecule has 2 heteroatoms. The molecule has 0 bridgehead atoms. The first-order valence-corrected chi connectivity index (χ1v) is 9.67. The number of ketones is 2. The Morgan fingerprint density at radius 2 is 1.83 bits per heavy atom. The van der Waals surface area contributed by atoms with Crippen molar-refractivity contribution >= 4 is 11.6 Å². The zero-order valence-electron chi connectivity index (χ0n) is 15.5. The summed E-state index contributed by atoms with van der Waals surface area (Å²) >= 11 is 0. The molecular formula is C22H30O2. The van der Waals surface area contributed by atoms with Gasteiger partial charge in [-0.05, 0) is 80.3 Å². The zero-order chi connectivity index (χ0) is 17.3. The number of carbonyl (C=O) groups excluding carboxylic acids is 2. The minimum Gasteiger partial charge on any atom is -0.300 e. The predicted molar refractivity (Wildman–Crippen MR) is 95.4 cm³/mol. The molecule has 6 atom stereocenters. The van der Waals surface area contributed by atoms with Gasteiger partial charge in [0.05, 0.1) is 0 Å². The van der Waals surface area contributed by atoms with Crippen molar-refractivity contribution in [3.63, 3.8) is 0 Å². The van der Waals surface area contributed by atoms with Gasteiger partial charge in [0, 0.05) is 11.3 Å². The van der Waals surface area contributed by atoms with Crippen LogP contribution in [0.5, 0.6) is 0 Å². The molecule has 2 nitrogen and oxygen atoms in total. The molecule has 0 aromatic rings. The summed E-state index contributed by atoms with van der Waals surface area (Å²) in [6.45, 7) is 9.01. The van der Waals surface area contributed by atoms with E-state index < -0.39 is 0 Å². The van der Waals surface area contributed by atoms with Gasteiger partial charge in [-0.15, -0.1) is 0 Å². The third-order valence-corrected chi connectivity index (χ3v) is 8.86. The van der Waals surface area contributed by atoms with Gasteiger partial charge in [-0.1, -0.05) is 32.4 Å². The molecule has 0 N–H and O–H groups in total. The highest BCUT2D eigenvalue weighted by Gasteiger charge is 2.64. The lowest BCUT2D eigenvalue weighted by Crippen LogP contribution is -2.56. The van der Waals surface area contributed by atoms with Crippen LogP contribution in [0, 0.1) is 34.0 Å². The molecule has 24 heavy (non-hydrogen) atoms. The van der Waals surface area contributed by atoms with Crippen molar-refractivity contribution in [1.29, 1.82) is 0 Å². The van der Waals surface area contributed by atoms with Crippen LogP contribution in [0.4, 0.5) is 0 Å². The SMILES string of the molecule is CC(=O)[C@H]1CC[C@H]2[C@@H]3CCC4=CC(=O)C=C[C@]4(C)[C@@]3(C)CC[C@]12C. The number of rotatable bonds is 1. The molecule has 130 valence electrons. The molecule has 0 aliphatic heterocycles. The summed E-state index contributed by atoms with van der Waals surface area (Å²) in [5.41, 5.74) is 1.77. The molecule has 0 aromatic heterocycles. The normalized spacial score (nSPS) is 49.9. The molecule has 0 spiro atoms. The fraction of sp³-hybridized carbons (Fsp3) is 0.727. The van der Waals surface area contributed by atoms with Crippen LogP contribution in [-0.2, 0) is 9.59 Å². The van der Waals surface area contributed by atoms with Crippen LogP contribution >= 0.6 is 0 Å². The number of hydrogen-bond donors (Lipinski definition) is 0. The van der Waals surface area contributed by atoms with Gasteiger partial charge in [-0.2, -0.15) is 0 Å². The number of fused-ring (bicyclic) bond motifs is 5. The Morgan fingerprint density at radius 3 is 2.54 bits per heavy atom. The lowest BCUT2D eigenvalue weighted by molar-refractivity contribution is -0.132. The van der Waals surface area contributed by atoms with Gasteiger partial charge in [0.25, 0.3) is 0 Å². The minimum atomic E-state index is 0.0134. The van der Waals surface area contributed by atoms with Crippen molar-refractivity contribution in [3.8, 4) is 0 Å². The summed E-state index contributed by atoms with van der Waals surface area (Å²) in [5.74, 6) is 2.15. The minimum absolute atomic E-state index is 0.0134. The summed E-state index contributed by atoms with van der Waals surface area (Å²) in [5, 5.41) is 0. The molecule has 0 unspecified atom stereocenters. The van der Waals surface area contributed by atoms with Gasteiger partial charge in [-0.25, -0.2) is 0 Å². The topological polar surface area (TPSA) is 34.1 Å². The van der Waals surface area contributed by atoms with Crippen LogP contribution in [0.15, 0.2) is 23.8 Å². The van der Waals surface area contributed by atoms with Gasteiger partial charge in [0.1, 0.15) is 5.78 Å². The van der Waals surface area contributed by atoms with E-state index in [0.29, 0.717) is 17.6 Å². The predicted octanol–water partition coefficient (Wildman–Crippen LogP) is 4.89. The number of allylic oxidation sites excluding steroid dienone is 4. The molecule has 4 aliphatic rings. The molecule has 0 amide bonds. The number of hydrogen-bond acceptors (Lipinski definition) is 2. The molecule has 4 rings (SSSR count). The second-order valence-corrected chi connectivity index (χ2v) is 9.52. The monoisotopic (exact) mass is 326 g/mol. The van der Waals surface area contributed by atoms with Crippen LogP contribution in [0.3, 0.4) is 0 Å². The van der Waals surface area contributed by atoms with Crippen LogP contribution in [0.2, 0.25) is 0 Å². The van der Waals surface area contributed by atoms with Crippen molar-refractivity contribution in [1.82, 2.24) is 0 Å². The van der Waals surface area contributed by atoms with E-state index >= 15 is 0 Å². The molecule has 4 aliphatic carbocycles. The maximum Gasteiger partial charge on any atom is 0.178 e. The molecule has 3 fully saturated rings.